The van der Waals surface area contributed by atoms with Crippen LogP contribution in [0, 0.1) is 5.92 Å². The van der Waals surface area contributed by atoms with Gasteiger partial charge in [-0.15, -0.1) is 0 Å². The number of esters is 3. The molecule has 0 heterocycles. The molecule has 0 aliphatic rings. The van der Waals surface area contributed by atoms with Crippen molar-refractivity contribution in [2.75, 3.05) is 13.2 Å². The molecule has 0 unspecified atom stereocenters. The van der Waals surface area contributed by atoms with E-state index in [1.807, 2.05) is 20.8 Å². The van der Waals surface area contributed by atoms with Gasteiger partial charge in [0, 0.05) is 18.8 Å². The highest BCUT2D eigenvalue weighted by Gasteiger charge is 2.23. The second-order valence-electron chi connectivity index (χ2n) is 10.8. The van der Waals surface area contributed by atoms with Gasteiger partial charge in [-0.3, -0.25) is 14.4 Å². The lowest BCUT2D eigenvalue weighted by Gasteiger charge is -2.22. The molecule has 6 heteroatoms. The summed E-state index contributed by atoms with van der Waals surface area (Å²) in [4.78, 5) is 36.6. The molecule has 0 fully saturated rings. The Morgan fingerprint density at radius 2 is 0.943 bits per heavy atom. The predicted molar refractivity (Wildman–Crippen MR) is 141 cm³/mol. The zero-order valence-electron chi connectivity index (χ0n) is 23.5. The van der Waals surface area contributed by atoms with Crippen LogP contribution >= 0.6 is 0 Å². The number of hydrogen-bond acceptors (Lipinski definition) is 6. The van der Waals surface area contributed by atoms with E-state index in [0.29, 0.717) is 12.8 Å². The van der Waals surface area contributed by atoms with Crippen molar-refractivity contribution in [3.05, 3.63) is 0 Å². The minimum absolute atomic E-state index is 0.0483. The van der Waals surface area contributed by atoms with Crippen molar-refractivity contribution in [1.82, 2.24) is 0 Å². The third kappa shape index (κ3) is 23.9. The topological polar surface area (TPSA) is 78.9 Å². The normalized spacial score (nSPS) is 11.5. The minimum Gasteiger partial charge on any atom is -0.465 e. The number of carbonyl (C=O) groups excluding carboxylic acids is 3. The predicted octanol–water partition coefficient (Wildman–Crippen LogP) is 7.70. The molecule has 0 rings (SSSR count). The quantitative estimate of drug-likeness (QED) is 0.0864. The number of ether oxygens (including phenoxy) is 3. The molecule has 0 aliphatic carbocycles. The van der Waals surface area contributed by atoms with E-state index in [1.54, 1.807) is 0 Å². The molecule has 0 bridgehead atoms. The van der Waals surface area contributed by atoms with Crippen molar-refractivity contribution in [1.29, 1.82) is 0 Å². The van der Waals surface area contributed by atoms with Crippen LogP contribution in [0.5, 0.6) is 0 Å². The second-order valence-corrected chi connectivity index (χ2v) is 10.8. The lowest BCUT2D eigenvalue weighted by molar-refractivity contribution is -0.161. The van der Waals surface area contributed by atoms with Gasteiger partial charge in [0.25, 0.3) is 0 Å². The fraction of sp³-hybridized carbons (Fsp3) is 0.897. The molecule has 0 amide bonds. The average molecular weight is 499 g/mol. The number of unbranched alkanes of at least 4 members (excludes halogenated alkanes) is 12. The lowest BCUT2D eigenvalue weighted by atomic mass is 10.1. The Bertz CT molecular complexity index is 518. The molecule has 0 aliphatic heterocycles. The molecule has 35 heavy (non-hydrogen) atoms. The smallest absolute Gasteiger partial charge is 0.306 e. The molecule has 0 N–H and O–H groups in total. The van der Waals surface area contributed by atoms with Gasteiger partial charge < -0.3 is 14.2 Å². The first-order chi connectivity index (χ1) is 16.7. The second kappa shape index (κ2) is 21.7. The highest BCUT2D eigenvalue weighted by molar-refractivity contribution is 5.71. The Kier molecular flexibility index (Phi) is 20.7. The van der Waals surface area contributed by atoms with E-state index in [1.165, 1.54) is 51.4 Å². The largest absolute Gasteiger partial charge is 0.465 e. The van der Waals surface area contributed by atoms with Crippen LogP contribution in [0.1, 0.15) is 144 Å². The van der Waals surface area contributed by atoms with Gasteiger partial charge in [-0.1, -0.05) is 90.9 Å². The van der Waals surface area contributed by atoms with Crippen molar-refractivity contribution in [3.8, 4) is 0 Å². The highest BCUT2D eigenvalue weighted by atomic mass is 16.6. The van der Waals surface area contributed by atoms with Gasteiger partial charge in [0.15, 0.2) is 0 Å². The summed E-state index contributed by atoms with van der Waals surface area (Å²) in [6.07, 6.45) is 16.7. The summed E-state index contributed by atoms with van der Waals surface area (Å²) in [5, 5.41) is 0. The van der Waals surface area contributed by atoms with Crippen molar-refractivity contribution < 1.29 is 28.6 Å². The summed E-state index contributed by atoms with van der Waals surface area (Å²) in [6.45, 7) is 9.94. The Labute approximate surface area is 215 Å². The third-order valence-electron chi connectivity index (χ3n) is 5.80. The third-order valence-corrected chi connectivity index (χ3v) is 5.80. The first-order valence-corrected chi connectivity index (χ1v) is 14.2. The van der Waals surface area contributed by atoms with Gasteiger partial charge in [0.1, 0.15) is 5.60 Å². The van der Waals surface area contributed by atoms with Crippen LogP contribution in [0.2, 0.25) is 0 Å². The first kappa shape index (κ1) is 33.4. The van der Waals surface area contributed by atoms with Gasteiger partial charge in [-0.25, -0.2) is 0 Å². The van der Waals surface area contributed by atoms with Crippen LogP contribution in [0.25, 0.3) is 0 Å². The molecule has 6 nitrogen and oxygen atoms in total. The Morgan fingerprint density at radius 1 is 0.571 bits per heavy atom. The van der Waals surface area contributed by atoms with Gasteiger partial charge in [-0.2, -0.15) is 0 Å². The molecule has 206 valence electrons. The van der Waals surface area contributed by atoms with E-state index in [2.05, 4.69) is 13.8 Å². The zero-order valence-corrected chi connectivity index (χ0v) is 23.5. The summed E-state index contributed by atoms with van der Waals surface area (Å²) < 4.78 is 16.2. The van der Waals surface area contributed by atoms with Gasteiger partial charge in [-0.05, 0) is 33.6 Å². The SMILES string of the molecule is CCCCCCCCCC(=O)OCC(COC(=O)CCCCCCCCC)CC(=O)OC(C)(C)C. The fourth-order valence-corrected chi connectivity index (χ4v) is 3.80. The van der Waals surface area contributed by atoms with E-state index in [9.17, 15) is 14.4 Å². The van der Waals surface area contributed by atoms with E-state index in [4.69, 9.17) is 14.2 Å². The number of carbonyl (C=O) groups is 3. The van der Waals surface area contributed by atoms with Gasteiger partial charge in [0.2, 0.25) is 0 Å². The number of hydrogen-bond donors (Lipinski definition) is 0. The first-order valence-electron chi connectivity index (χ1n) is 14.2. The molecule has 0 spiro atoms. The standard InChI is InChI=1S/C29H54O6/c1-6-8-10-12-14-16-18-20-26(30)33-23-25(22-28(32)35-29(3,4)5)24-34-27(31)21-19-17-15-13-11-9-7-2/h25H,6-24H2,1-5H3. The van der Waals surface area contributed by atoms with Crippen LogP contribution in [0.15, 0.2) is 0 Å². The van der Waals surface area contributed by atoms with Crippen molar-refractivity contribution in [2.24, 2.45) is 5.92 Å². The molecule has 0 saturated carbocycles. The maximum atomic E-state index is 12.3. The van der Waals surface area contributed by atoms with Gasteiger partial charge >= 0.3 is 17.9 Å². The summed E-state index contributed by atoms with van der Waals surface area (Å²) in [5.74, 6) is -1.31. The van der Waals surface area contributed by atoms with Crippen LogP contribution in [-0.4, -0.2) is 36.7 Å². The van der Waals surface area contributed by atoms with Crippen LogP contribution < -0.4 is 0 Å². The molecular weight excluding hydrogens is 444 g/mol. The van der Waals surface area contributed by atoms with Crippen LogP contribution in [-0.2, 0) is 28.6 Å². The Balaban J connectivity index is 4.34. The Hall–Kier alpha value is -1.59. The van der Waals surface area contributed by atoms with Crippen LogP contribution in [0.4, 0.5) is 0 Å². The number of rotatable bonds is 22. The molecular formula is C29H54O6. The summed E-state index contributed by atoms with van der Waals surface area (Å²) in [5.41, 5.74) is -0.594. The molecule has 0 aromatic heterocycles. The molecule has 0 saturated heterocycles. The minimum atomic E-state index is -0.594. The van der Waals surface area contributed by atoms with Crippen molar-refractivity contribution in [2.45, 2.75) is 149 Å². The highest BCUT2D eigenvalue weighted by Crippen LogP contribution is 2.15. The summed E-state index contributed by atoms with van der Waals surface area (Å²) in [6, 6.07) is 0. The van der Waals surface area contributed by atoms with E-state index in [0.717, 1.165) is 38.5 Å². The zero-order chi connectivity index (χ0) is 26.4. The fourth-order valence-electron chi connectivity index (χ4n) is 3.80. The molecule has 0 aromatic carbocycles. The van der Waals surface area contributed by atoms with Gasteiger partial charge in [0.05, 0.1) is 19.6 Å². The van der Waals surface area contributed by atoms with Crippen LogP contribution in [0.3, 0.4) is 0 Å². The van der Waals surface area contributed by atoms with E-state index in [-0.39, 0.29) is 37.5 Å². The monoisotopic (exact) mass is 498 g/mol. The Morgan fingerprint density at radius 3 is 1.31 bits per heavy atom. The molecule has 0 radical (unpaired) electrons. The van der Waals surface area contributed by atoms with E-state index < -0.39 is 11.5 Å². The maximum absolute atomic E-state index is 12.3. The average Bonchev–Trinajstić information content (AvgIpc) is 2.78. The molecule has 0 atom stereocenters. The van der Waals surface area contributed by atoms with Crippen molar-refractivity contribution in [3.63, 3.8) is 0 Å². The molecule has 0 aromatic rings. The summed E-state index contributed by atoms with van der Waals surface area (Å²) in [7, 11) is 0. The lowest BCUT2D eigenvalue weighted by Crippen LogP contribution is -2.29. The van der Waals surface area contributed by atoms with Crippen molar-refractivity contribution >= 4 is 17.9 Å². The maximum Gasteiger partial charge on any atom is 0.306 e. The van der Waals surface area contributed by atoms with E-state index >= 15 is 0 Å². The summed E-state index contributed by atoms with van der Waals surface area (Å²) >= 11 is 0.